The Morgan fingerprint density at radius 3 is 2.94 bits per heavy atom. The Morgan fingerprint density at radius 2 is 2.24 bits per heavy atom. The first-order valence-electron chi connectivity index (χ1n) is 5.77. The van der Waals surface area contributed by atoms with Crippen molar-refractivity contribution in [2.24, 2.45) is 0 Å². The van der Waals surface area contributed by atoms with Crippen LogP contribution in [-0.4, -0.2) is 25.0 Å². The number of furan rings is 2. The predicted molar refractivity (Wildman–Crippen MR) is 65.5 cm³/mol. The Balaban J connectivity index is 1.58. The second-order valence-electron chi connectivity index (χ2n) is 4.13. The van der Waals surface area contributed by atoms with Crippen molar-refractivity contribution < 1.29 is 8.83 Å². The molecular formula is C13H18N2O2. The van der Waals surface area contributed by atoms with E-state index in [1.54, 1.807) is 18.8 Å². The van der Waals surface area contributed by atoms with Gasteiger partial charge in [-0.1, -0.05) is 0 Å². The molecule has 92 valence electrons. The third-order valence-electron chi connectivity index (χ3n) is 2.59. The summed E-state index contributed by atoms with van der Waals surface area (Å²) < 4.78 is 10.3. The van der Waals surface area contributed by atoms with Crippen molar-refractivity contribution in [3.05, 3.63) is 48.3 Å². The van der Waals surface area contributed by atoms with Gasteiger partial charge in [0.15, 0.2) is 0 Å². The Kier molecular flexibility index (Phi) is 4.41. The van der Waals surface area contributed by atoms with Gasteiger partial charge in [0.05, 0.1) is 25.3 Å². The van der Waals surface area contributed by atoms with Crippen molar-refractivity contribution in [2.75, 3.05) is 20.1 Å². The minimum absolute atomic E-state index is 0.848. The van der Waals surface area contributed by atoms with Crippen molar-refractivity contribution in [3.63, 3.8) is 0 Å². The lowest BCUT2D eigenvalue weighted by molar-refractivity contribution is 0.293. The second kappa shape index (κ2) is 6.27. The van der Waals surface area contributed by atoms with Gasteiger partial charge in [0, 0.05) is 25.2 Å². The molecule has 0 amide bonds. The van der Waals surface area contributed by atoms with Crippen LogP contribution in [0, 0.1) is 0 Å². The number of likely N-dealkylation sites (N-methyl/N-ethyl adjacent to an activating group) is 1. The van der Waals surface area contributed by atoms with Crippen LogP contribution in [0.3, 0.4) is 0 Å². The van der Waals surface area contributed by atoms with E-state index in [-0.39, 0.29) is 0 Å². The minimum Gasteiger partial charge on any atom is -0.472 e. The van der Waals surface area contributed by atoms with Gasteiger partial charge in [0.1, 0.15) is 5.76 Å². The molecule has 0 radical (unpaired) electrons. The topological polar surface area (TPSA) is 41.5 Å². The van der Waals surface area contributed by atoms with Gasteiger partial charge in [-0.05, 0) is 25.2 Å². The predicted octanol–water partition coefficient (Wildman–Crippen LogP) is 2.09. The minimum atomic E-state index is 0.848. The quantitative estimate of drug-likeness (QED) is 0.745. The van der Waals surface area contributed by atoms with Crippen LogP contribution in [0.5, 0.6) is 0 Å². The van der Waals surface area contributed by atoms with Crippen molar-refractivity contribution in [2.45, 2.75) is 13.1 Å². The first-order chi connectivity index (χ1) is 8.34. The van der Waals surface area contributed by atoms with Gasteiger partial charge in [0.2, 0.25) is 0 Å². The van der Waals surface area contributed by atoms with Crippen LogP contribution in [0.1, 0.15) is 11.3 Å². The largest absolute Gasteiger partial charge is 0.472 e. The molecule has 0 atom stereocenters. The third-order valence-corrected chi connectivity index (χ3v) is 2.59. The fourth-order valence-corrected chi connectivity index (χ4v) is 1.64. The monoisotopic (exact) mass is 234 g/mol. The number of nitrogens with zero attached hydrogens (tertiary/aromatic N) is 1. The highest BCUT2D eigenvalue weighted by atomic mass is 16.3. The molecule has 0 saturated heterocycles. The van der Waals surface area contributed by atoms with E-state index in [1.807, 2.05) is 18.2 Å². The highest BCUT2D eigenvalue weighted by Crippen LogP contribution is 2.03. The normalized spacial score (nSPS) is 11.2. The van der Waals surface area contributed by atoms with Crippen LogP contribution in [0.15, 0.2) is 45.8 Å². The molecule has 0 aromatic carbocycles. The second-order valence-corrected chi connectivity index (χ2v) is 4.13. The lowest BCUT2D eigenvalue weighted by Gasteiger charge is -2.15. The molecule has 2 heterocycles. The first kappa shape index (κ1) is 12.0. The Labute approximate surface area is 101 Å². The molecule has 2 aromatic rings. The van der Waals surface area contributed by atoms with E-state index < -0.39 is 0 Å². The molecule has 2 rings (SSSR count). The lowest BCUT2D eigenvalue weighted by Crippen LogP contribution is -2.28. The Bertz CT molecular complexity index is 395. The maximum absolute atomic E-state index is 5.29. The van der Waals surface area contributed by atoms with Gasteiger partial charge in [-0.15, -0.1) is 0 Å². The molecule has 2 aromatic heterocycles. The molecule has 0 aliphatic rings. The summed E-state index contributed by atoms with van der Waals surface area (Å²) in [6.07, 6.45) is 5.17. The lowest BCUT2D eigenvalue weighted by atomic mass is 10.3. The highest BCUT2D eigenvalue weighted by molar-refractivity contribution is 5.04. The van der Waals surface area contributed by atoms with Crippen LogP contribution < -0.4 is 5.32 Å². The van der Waals surface area contributed by atoms with E-state index in [4.69, 9.17) is 8.83 Å². The van der Waals surface area contributed by atoms with Gasteiger partial charge >= 0.3 is 0 Å². The van der Waals surface area contributed by atoms with E-state index in [9.17, 15) is 0 Å². The van der Waals surface area contributed by atoms with Gasteiger partial charge in [0.25, 0.3) is 0 Å². The highest BCUT2D eigenvalue weighted by Gasteiger charge is 2.01. The van der Waals surface area contributed by atoms with Crippen molar-refractivity contribution in [3.8, 4) is 0 Å². The number of nitrogens with one attached hydrogen (secondary N) is 1. The maximum atomic E-state index is 5.29. The first-order valence-corrected chi connectivity index (χ1v) is 5.77. The SMILES string of the molecule is CN(CCNCc1ccoc1)Cc1ccco1. The van der Waals surface area contributed by atoms with E-state index in [1.165, 1.54) is 5.56 Å². The van der Waals surface area contributed by atoms with Crippen molar-refractivity contribution in [1.29, 1.82) is 0 Å². The van der Waals surface area contributed by atoms with Crippen LogP contribution in [0.2, 0.25) is 0 Å². The molecule has 4 heteroatoms. The number of rotatable bonds is 7. The molecule has 0 bridgehead atoms. The van der Waals surface area contributed by atoms with Gasteiger partial charge < -0.3 is 14.2 Å². The van der Waals surface area contributed by atoms with Crippen LogP contribution in [0.25, 0.3) is 0 Å². The molecule has 0 unspecified atom stereocenters. The van der Waals surface area contributed by atoms with Crippen LogP contribution in [0.4, 0.5) is 0 Å². The smallest absolute Gasteiger partial charge is 0.117 e. The van der Waals surface area contributed by atoms with Crippen molar-refractivity contribution >= 4 is 0 Å². The molecule has 1 N–H and O–H groups in total. The number of hydrogen-bond acceptors (Lipinski definition) is 4. The van der Waals surface area contributed by atoms with E-state index in [2.05, 4.69) is 17.3 Å². The summed E-state index contributed by atoms with van der Waals surface area (Å²) in [5, 5.41) is 3.37. The number of hydrogen-bond donors (Lipinski definition) is 1. The fraction of sp³-hybridized carbons (Fsp3) is 0.385. The van der Waals surface area contributed by atoms with Gasteiger partial charge in [-0.25, -0.2) is 0 Å². The van der Waals surface area contributed by atoms with Crippen molar-refractivity contribution in [1.82, 2.24) is 10.2 Å². The zero-order chi connectivity index (χ0) is 11.9. The zero-order valence-corrected chi connectivity index (χ0v) is 10.1. The summed E-state index contributed by atoms with van der Waals surface area (Å²) in [5.74, 6) is 1.00. The average Bonchev–Trinajstić information content (AvgIpc) is 2.96. The van der Waals surface area contributed by atoms with E-state index in [0.29, 0.717) is 0 Å². The summed E-state index contributed by atoms with van der Waals surface area (Å²) in [6, 6.07) is 5.88. The van der Waals surface area contributed by atoms with E-state index >= 15 is 0 Å². The van der Waals surface area contributed by atoms with E-state index in [0.717, 1.165) is 31.9 Å². The molecule has 0 fully saturated rings. The molecule has 4 nitrogen and oxygen atoms in total. The molecule has 0 aliphatic carbocycles. The molecule has 0 saturated carbocycles. The van der Waals surface area contributed by atoms with Gasteiger partial charge in [-0.2, -0.15) is 0 Å². The summed E-state index contributed by atoms with van der Waals surface area (Å²) in [4.78, 5) is 2.22. The Hall–Kier alpha value is -1.52. The standard InChI is InChI=1S/C13H18N2O2/c1-15(10-13-3-2-7-17-13)6-5-14-9-12-4-8-16-11-12/h2-4,7-8,11,14H,5-6,9-10H2,1H3. The molecule has 0 aliphatic heterocycles. The maximum Gasteiger partial charge on any atom is 0.117 e. The molecule has 0 spiro atoms. The summed E-state index contributed by atoms with van der Waals surface area (Å²) in [5.41, 5.74) is 1.18. The zero-order valence-electron chi connectivity index (χ0n) is 10.1. The Morgan fingerprint density at radius 1 is 1.29 bits per heavy atom. The third kappa shape index (κ3) is 4.09. The molecular weight excluding hydrogens is 216 g/mol. The van der Waals surface area contributed by atoms with Crippen LogP contribution in [-0.2, 0) is 13.1 Å². The van der Waals surface area contributed by atoms with Crippen LogP contribution >= 0.6 is 0 Å². The van der Waals surface area contributed by atoms with Gasteiger partial charge in [-0.3, -0.25) is 4.90 Å². The summed E-state index contributed by atoms with van der Waals surface area (Å²) in [7, 11) is 2.09. The summed E-state index contributed by atoms with van der Waals surface area (Å²) >= 11 is 0. The molecule has 17 heavy (non-hydrogen) atoms. The fourth-order valence-electron chi connectivity index (χ4n) is 1.64. The summed E-state index contributed by atoms with van der Waals surface area (Å²) in [6.45, 7) is 3.63. The average molecular weight is 234 g/mol.